The SMILES string of the molecule is COc1ccc(-c2ccnn2CCOC(=O)NCC2CC=CO2)cc1OC1CCOC1. The van der Waals surface area contributed by atoms with Crippen LogP contribution in [0, 0.1) is 0 Å². The number of amides is 1. The topological polar surface area (TPSA) is 93.1 Å². The smallest absolute Gasteiger partial charge is 0.407 e. The number of methoxy groups -OCH3 is 1. The highest BCUT2D eigenvalue weighted by Gasteiger charge is 2.20. The van der Waals surface area contributed by atoms with Gasteiger partial charge in [0.15, 0.2) is 11.5 Å². The highest BCUT2D eigenvalue weighted by atomic mass is 16.6. The Kier molecular flexibility index (Phi) is 6.93. The summed E-state index contributed by atoms with van der Waals surface area (Å²) in [6.07, 6.45) is 6.46. The molecule has 2 aliphatic rings. The number of alkyl carbamates (subject to hydrolysis) is 1. The minimum absolute atomic E-state index is 0.0198. The van der Waals surface area contributed by atoms with E-state index in [4.69, 9.17) is 23.7 Å². The molecule has 4 rings (SSSR count). The van der Waals surface area contributed by atoms with Crippen molar-refractivity contribution in [3.63, 3.8) is 0 Å². The molecule has 2 atom stereocenters. The van der Waals surface area contributed by atoms with E-state index in [1.165, 1.54) is 0 Å². The molecule has 1 amide bonds. The summed E-state index contributed by atoms with van der Waals surface area (Å²) in [6, 6.07) is 7.68. The molecule has 3 heterocycles. The van der Waals surface area contributed by atoms with Crippen molar-refractivity contribution in [3.05, 3.63) is 42.8 Å². The van der Waals surface area contributed by atoms with Gasteiger partial charge in [-0.05, 0) is 30.3 Å². The molecule has 1 aromatic heterocycles. The molecular weight excluding hydrogens is 402 g/mol. The molecule has 0 spiro atoms. The number of hydrogen-bond acceptors (Lipinski definition) is 7. The Labute approximate surface area is 180 Å². The average Bonchev–Trinajstić information content (AvgIpc) is 3.55. The number of aromatic nitrogens is 2. The number of nitrogens with one attached hydrogen (secondary N) is 1. The van der Waals surface area contributed by atoms with Gasteiger partial charge in [0, 0.05) is 24.6 Å². The second-order valence-electron chi connectivity index (χ2n) is 7.29. The van der Waals surface area contributed by atoms with E-state index in [2.05, 4.69) is 10.4 Å². The third-order valence-electron chi connectivity index (χ3n) is 5.13. The summed E-state index contributed by atoms with van der Waals surface area (Å²) in [5.41, 5.74) is 1.83. The molecule has 0 radical (unpaired) electrons. The third kappa shape index (κ3) is 5.49. The molecule has 2 aromatic rings. The molecule has 1 saturated heterocycles. The van der Waals surface area contributed by atoms with Crippen LogP contribution in [0.2, 0.25) is 0 Å². The lowest BCUT2D eigenvalue weighted by molar-refractivity contribution is 0.126. The van der Waals surface area contributed by atoms with Gasteiger partial charge in [0.25, 0.3) is 0 Å². The van der Waals surface area contributed by atoms with Crippen LogP contribution < -0.4 is 14.8 Å². The van der Waals surface area contributed by atoms with E-state index in [1.807, 2.05) is 30.3 Å². The zero-order valence-electron chi connectivity index (χ0n) is 17.5. The monoisotopic (exact) mass is 429 g/mol. The number of carbonyl (C=O) groups excluding carboxylic acids is 1. The Bertz CT molecular complexity index is 898. The van der Waals surface area contributed by atoms with E-state index in [-0.39, 0.29) is 18.8 Å². The van der Waals surface area contributed by atoms with Crippen LogP contribution in [0.5, 0.6) is 11.5 Å². The highest BCUT2D eigenvalue weighted by Crippen LogP contribution is 2.34. The second kappa shape index (κ2) is 10.2. The molecule has 1 aromatic carbocycles. The van der Waals surface area contributed by atoms with Crippen LogP contribution in [0.15, 0.2) is 42.8 Å². The zero-order chi connectivity index (χ0) is 21.5. The predicted molar refractivity (Wildman–Crippen MR) is 112 cm³/mol. The summed E-state index contributed by atoms with van der Waals surface area (Å²) in [5, 5.41) is 7.07. The lowest BCUT2D eigenvalue weighted by atomic mass is 10.1. The molecule has 9 heteroatoms. The summed E-state index contributed by atoms with van der Waals surface area (Å²) in [7, 11) is 1.62. The van der Waals surface area contributed by atoms with Crippen molar-refractivity contribution in [1.82, 2.24) is 15.1 Å². The summed E-state index contributed by atoms with van der Waals surface area (Å²) in [6.45, 7) is 2.32. The van der Waals surface area contributed by atoms with Crippen molar-refractivity contribution in [3.8, 4) is 22.8 Å². The van der Waals surface area contributed by atoms with Crippen molar-refractivity contribution < 1.29 is 28.5 Å². The zero-order valence-corrected chi connectivity index (χ0v) is 17.5. The Hall–Kier alpha value is -3.20. The van der Waals surface area contributed by atoms with Gasteiger partial charge in [0.2, 0.25) is 0 Å². The second-order valence-corrected chi connectivity index (χ2v) is 7.29. The van der Waals surface area contributed by atoms with Gasteiger partial charge >= 0.3 is 6.09 Å². The molecule has 1 fully saturated rings. The molecule has 2 aliphatic heterocycles. The lowest BCUT2D eigenvalue weighted by Gasteiger charge is -2.16. The van der Waals surface area contributed by atoms with Crippen LogP contribution in [-0.4, -0.2) is 61.6 Å². The fourth-order valence-corrected chi connectivity index (χ4v) is 3.50. The molecule has 31 heavy (non-hydrogen) atoms. The number of carbonyl (C=O) groups is 1. The molecule has 0 saturated carbocycles. The first-order valence-electron chi connectivity index (χ1n) is 10.4. The van der Waals surface area contributed by atoms with Gasteiger partial charge in [-0.25, -0.2) is 4.79 Å². The minimum Gasteiger partial charge on any atom is -0.496 e. The van der Waals surface area contributed by atoms with Crippen LogP contribution in [0.3, 0.4) is 0 Å². The first kappa shape index (κ1) is 21.0. The minimum atomic E-state index is -0.469. The van der Waals surface area contributed by atoms with Crippen molar-refractivity contribution >= 4 is 6.09 Å². The lowest BCUT2D eigenvalue weighted by Crippen LogP contribution is -2.32. The van der Waals surface area contributed by atoms with E-state index in [0.717, 1.165) is 24.1 Å². The van der Waals surface area contributed by atoms with Gasteiger partial charge < -0.3 is 29.0 Å². The molecule has 166 valence electrons. The van der Waals surface area contributed by atoms with Gasteiger partial charge in [-0.2, -0.15) is 5.10 Å². The largest absolute Gasteiger partial charge is 0.496 e. The maximum absolute atomic E-state index is 11.9. The van der Waals surface area contributed by atoms with Crippen molar-refractivity contribution in [2.75, 3.05) is 33.5 Å². The van der Waals surface area contributed by atoms with Crippen molar-refractivity contribution in [2.24, 2.45) is 0 Å². The van der Waals surface area contributed by atoms with E-state index in [1.54, 1.807) is 24.3 Å². The maximum atomic E-state index is 11.9. The Morgan fingerprint density at radius 2 is 2.26 bits per heavy atom. The molecule has 2 unspecified atom stereocenters. The standard InChI is InChI=1S/C22H27N3O6/c1-27-20-5-4-16(13-21(20)31-18-7-11-28-15-18)19-6-8-24-25(19)9-12-30-22(26)23-14-17-3-2-10-29-17/h2,4-6,8,10,13,17-18H,3,7,9,11-12,14-15H2,1H3,(H,23,26). The van der Waals surface area contributed by atoms with Crippen LogP contribution in [-0.2, 0) is 20.8 Å². The number of nitrogens with zero attached hydrogens (tertiary/aromatic N) is 2. The fraction of sp³-hybridized carbons (Fsp3) is 0.455. The highest BCUT2D eigenvalue weighted by molar-refractivity contribution is 5.67. The first-order chi connectivity index (χ1) is 15.2. The van der Waals surface area contributed by atoms with Crippen LogP contribution >= 0.6 is 0 Å². The summed E-state index contributed by atoms with van der Waals surface area (Å²) < 4.78 is 29.3. The van der Waals surface area contributed by atoms with Crippen LogP contribution in [0.4, 0.5) is 4.79 Å². The van der Waals surface area contributed by atoms with Gasteiger partial charge in [0.1, 0.15) is 18.8 Å². The van der Waals surface area contributed by atoms with Gasteiger partial charge in [-0.15, -0.1) is 0 Å². The van der Waals surface area contributed by atoms with E-state index >= 15 is 0 Å². The average molecular weight is 429 g/mol. The van der Waals surface area contributed by atoms with Crippen LogP contribution in [0.1, 0.15) is 12.8 Å². The van der Waals surface area contributed by atoms with Crippen molar-refractivity contribution in [2.45, 2.75) is 31.6 Å². The molecular formula is C22H27N3O6. The molecule has 9 nitrogen and oxygen atoms in total. The summed E-state index contributed by atoms with van der Waals surface area (Å²) in [5.74, 6) is 1.34. The third-order valence-corrected chi connectivity index (χ3v) is 5.13. The summed E-state index contributed by atoms with van der Waals surface area (Å²) in [4.78, 5) is 11.9. The van der Waals surface area contributed by atoms with Crippen LogP contribution in [0.25, 0.3) is 11.3 Å². The molecule has 0 aliphatic carbocycles. The quantitative estimate of drug-likeness (QED) is 0.655. The Morgan fingerprint density at radius 3 is 3.03 bits per heavy atom. The Morgan fingerprint density at radius 1 is 1.32 bits per heavy atom. The Balaban J connectivity index is 1.34. The fourth-order valence-electron chi connectivity index (χ4n) is 3.50. The normalized spacial score (nSPS) is 19.8. The number of hydrogen-bond donors (Lipinski definition) is 1. The van der Waals surface area contributed by atoms with Gasteiger partial charge in [-0.3, -0.25) is 4.68 Å². The first-order valence-corrected chi connectivity index (χ1v) is 10.4. The number of ether oxygens (including phenoxy) is 5. The molecule has 1 N–H and O–H groups in total. The predicted octanol–water partition coefficient (Wildman–Crippen LogP) is 2.76. The maximum Gasteiger partial charge on any atom is 0.407 e. The van der Waals surface area contributed by atoms with E-state index < -0.39 is 6.09 Å². The number of rotatable bonds is 9. The summed E-state index contributed by atoms with van der Waals surface area (Å²) >= 11 is 0. The van der Waals surface area contributed by atoms with Crippen molar-refractivity contribution in [1.29, 1.82) is 0 Å². The van der Waals surface area contributed by atoms with Gasteiger partial charge in [-0.1, -0.05) is 0 Å². The van der Waals surface area contributed by atoms with E-state index in [0.29, 0.717) is 37.8 Å². The molecule has 0 bridgehead atoms. The van der Waals surface area contributed by atoms with E-state index in [9.17, 15) is 4.79 Å². The number of benzene rings is 1. The van der Waals surface area contributed by atoms with Gasteiger partial charge in [0.05, 0.1) is 45.4 Å².